The monoisotopic (exact) mass is 442 g/mol. The van der Waals surface area contributed by atoms with Gasteiger partial charge in [-0.1, -0.05) is 36.9 Å². The van der Waals surface area contributed by atoms with Crippen molar-refractivity contribution in [1.82, 2.24) is 19.3 Å². The largest absolute Gasteiger partial charge is 0.489 e. The van der Waals surface area contributed by atoms with Gasteiger partial charge in [0.25, 0.3) is 0 Å². The molecule has 33 heavy (non-hydrogen) atoms. The van der Waals surface area contributed by atoms with Crippen molar-refractivity contribution >= 4 is 11.4 Å². The van der Waals surface area contributed by atoms with E-state index in [1.54, 1.807) is 24.5 Å². The third-order valence-corrected chi connectivity index (χ3v) is 5.91. The van der Waals surface area contributed by atoms with Gasteiger partial charge in [-0.3, -0.25) is 14.2 Å². The maximum absolute atomic E-state index is 13.3. The van der Waals surface area contributed by atoms with Gasteiger partial charge in [0.05, 0.1) is 23.4 Å². The van der Waals surface area contributed by atoms with Crippen molar-refractivity contribution in [2.45, 2.75) is 25.5 Å². The normalized spacial score (nSPS) is 15.7. The molecule has 0 bridgehead atoms. The Balaban J connectivity index is 1.43. The van der Waals surface area contributed by atoms with E-state index in [-0.39, 0.29) is 17.8 Å². The summed E-state index contributed by atoms with van der Waals surface area (Å²) in [6.45, 7) is 4.67. The Bertz CT molecular complexity index is 1320. The van der Waals surface area contributed by atoms with Crippen molar-refractivity contribution in [3.05, 3.63) is 97.0 Å². The predicted molar refractivity (Wildman–Crippen MR) is 123 cm³/mol. The summed E-state index contributed by atoms with van der Waals surface area (Å²) in [6.07, 6.45) is 8.56. The molecule has 0 aliphatic carbocycles. The summed E-state index contributed by atoms with van der Waals surface area (Å²) in [5.74, 6) is 0.917. The maximum atomic E-state index is 13.3. The first-order valence-corrected chi connectivity index (χ1v) is 10.9. The maximum Gasteiger partial charge on any atom is 0.246 e. The van der Waals surface area contributed by atoms with Crippen LogP contribution in [0.4, 0.5) is 4.39 Å². The van der Waals surface area contributed by atoms with Crippen LogP contribution in [0.25, 0.3) is 16.8 Å². The number of fused-ring (bicyclic) bond motifs is 1. The molecule has 0 saturated carbocycles. The molecule has 1 aliphatic heterocycles. The lowest BCUT2D eigenvalue weighted by atomic mass is 10.1. The molecule has 6 nitrogen and oxygen atoms in total. The van der Waals surface area contributed by atoms with Crippen LogP contribution in [0.3, 0.4) is 0 Å². The van der Waals surface area contributed by atoms with E-state index in [1.165, 1.54) is 18.2 Å². The standard InChI is InChI=1S/C26H23FN4O2/c1-2-24(32)30-13-4-7-22(30)26-29-25(23-16-28-12-14-31(23)26)19-10-8-18(9-11-19)17-33-21-6-3-5-20(27)15-21/h2-3,5-6,8-12,14-16,22H,1,4,7,13,17H2/t22-/m0/s1. The number of likely N-dealkylation sites (tertiary alicyclic amines) is 1. The van der Waals surface area contributed by atoms with Crippen LogP contribution in [0.15, 0.2) is 79.8 Å². The van der Waals surface area contributed by atoms with E-state index in [0.717, 1.165) is 41.0 Å². The first-order valence-electron chi connectivity index (χ1n) is 10.9. The molecule has 5 rings (SSSR count). The van der Waals surface area contributed by atoms with Crippen LogP contribution in [-0.4, -0.2) is 31.7 Å². The number of amides is 1. The van der Waals surface area contributed by atoms with E-state index in [2.05, 4.69) is 11.6 Å². The molecule has 0 unspecified atom stereocenters. The highest BCUT2D eigenvalue weighted by molar-refractivity contribution is 5.87. The van der Waals surface area contributed by atoms with Crippen LogP contribution in [0.2, 0.25) is 0 Å². The Morgan fingerprint density at radius 1 is 1.24 bits per heavy atom. The molecule has 0 radical (unpaired) electrons. The molecule has 2 aromatic heterocycles. The third kappa shape index (κ3) is 4.09. The zero-order valence-corrected chi connectivity index (χ0v) is 18.0. The number of hydrogen-bond donors (Lipinski definition) is 0. The lowest BCUT2D eigenvalue weighted by Crippen LogP contribution is -2.29. The van der Waals surface area contributed by atoms with E-state index in [0.29, 0.717) is 18.9 Å². The Morgan fingerprint density at radius 2 is 2.09 bits per heavy atom. The topological polar surface area (TPSA) is 59.7 Å². The Morgan fingerprint density at radius 3 is 2.88 bits per heavy atom. The van der Waals surface area contributed by atoms with Crippen molar-refractivity contribution in [3.63, 3.8) is 0 Å². The summed E-state index contributed by atoms with van der Waals surface area (Å²) in [7, 11) is 0. The Labute approximate surface area is 191 Å². The van der Waals surface area contributed by atoms with Crippen molar-refractivity contribution in [1.29, 1.82) is 0 Å². The summed E-state index contributed by atoms with van der Waals surface area (Å²) < 4.78 is 21.0. The molecule has 1 fully saturated rings. The number of carbonyl (C=O) groups excluding carboxylic acids is 1. The second-order valence-electron chi connectivity index (χ2n) is 7.99. The van der Waals surface area contributed by atoms with Gasteiger partial charge < -0.3 is 9.64 Å². The smallest absolute Gasteiger partial charge is 0.246 e. The van der Waals surface area contributed by atoms with Crippen LogP contribution < -0.4 is 4.74 Å². The first kappa shape index (κ1) is 20.9. The van der Waals surface area contributed by atoms with Crippen LogP contribution in [-0.2, 0) is 11.4 Å². The minimum atomic E-state index is -0.324. The molecule has 1 atom stereocenters. The number of nitrogens with zero attached hydrogens (tertiary/aromatic N) is 4. The number of benzene rings is 2. The fourth-order valence-electron chi connectivity index (χ4n) is 4.31. The minimum absolute atomic E-state index is 0.0764. The highest BCUT2D eigenvalue weighted by Crippen LogP contribution is 2.35. The van der Waals surface area contributed by atoms with Crippen LogP contribution >= 0.6 is 0 Å². The van der Waals surface area contributed by atoms with Crippen molar-refractivity contribution in [3.8, 4) is 17.0 Å². The fraction of sp³-hybridized carbons (Fsp3) is 0.192. The van der Waals surface area contributed by atoms with Gasteiger partial charge >= 0.3 is 0 Å². The summed E-state index contributed by atoms with van der Waals surface area (Å²) >= 11 is 0. The number of hydrogen-bond acceptors (Lipinski definition) is 4. The van der Waals surface area contributed by atoms with Gasteiger partial charge in [-0.05, 0) is 36.6 Å². The van der Waals surface area contributed by atoms with Crippen molar-refractivity contribution in [2.75, 3.05) is 6.54 Å². The summed E-state index contributed by atoms with van der Waals surface area (Å²) in [5.41, 5.74) is 3.60. The summed E-state index contributed by atoms with van der Waals surface area (Å²) in [5, 5.41) is 0. The van der Waals surface area contributed by atoms with E-state index in [9.17, 15) is 9.18 Å². The zero-order valence-electron chi connectivity index (χ0n) is 18.0. The number of halogens is 1. The molecule has 2 aromatic carbocycles. The zero-order chi connectivity index (χ0) is 22.8. The molecule has 166 valence electrons. The van der Waals surface area contributed by atoms with E-state index in [1.807, 2.05) is 39.8 Å². The van der Waals surface area contributed by atoms with E-state index < -0.39 is 0 Å². The average Bonchev–Trinajstić information content (AvgIpc) is 3.48. The highest BCUT2D eigenvalue weighted by atomic mass is 19.1. The van der Waals surface area contributed by atoms with Gasteiger partial charge in [0.2, 0.25) is 5.91 Å². The van der Waals surface area contributed by atoms with Gasteiger partial charge in [0, 0.05) is 30.6 Å². The second kappa shape index (κ2) is 8.86. The highest BCUT2D eigenvalue weighted by Gasteiger charge is 2.32. The van der Waals surface area contributed by atoms with Crippen LogP contribution in [0, 0.1) is 5.82 Å². The molecule has 1 saturated heterocycles. The van der Waals surface area contributed by atoms with Crippen LogP contribution in [0.1, 0.15) is 30.3 Å². The van der Waals surface area contributed by atoms with E-state index in [4.69, 9.17) is 9.72 Å². The van der Waals surface area contributed by atoms with E-state index >= 15 is 0 Å². The van der Waals surface area contributed by atoms with Gasteiger partial charge in [-0.2, -0.15) is 0 Å². The van der Waals surface area contributed by atoms with Gasteiger partial charge in [-0.25, -0.2) is 9.37 Å². The number of rotatable bonds is 6. The predicted octanol–water partition coefficient (Wildman–Crippen LogP) is 4.96. The Kier molecular flexibility index (Phi) is 5.60. The minimum Gasteiger partial charge on any atom is -0.489 e. The van der Waals surface area contributed by atoms with Gasteiger partial charge in [-0.15, -0.1) is 0 Å². The molecule has 1 aliphatic rings. The molecule has 3 heterocycles. The van der Waals surface area contributed by atoms with Gasteiger partial charge in [0.15, 0.2) is 0 Å². The molecule has 1 amide bonds. The first-order chi connectivity index (χ1) is 16.1. The number of imidazole rings is 1. The molecule has 0 spiro atoms. The molecule has 4 aromatic rings. The number of aromatic nitrogens is 3. The lowest BCUT2D eigenvalue weighted by Gasteiger charge is -2.22. The fourth-order valence-corrected chi connectivity index (χ4v) is 4.31. The molecule has 0 N–H and O–H groups in total. The SMILES string of the molecule is C=CC(=O)N1CCC[C@H]1c1nc(-c2ccc(COc3cccc(F)c3)cc2)c2cnccn12. The third-order valence-electron chi connectivity index (χ3n) is 5.91. The van der Waals surface area contributed by atoms with Gasteiger partial charge in [0.1, 0.15) is 24.0 Å². The van der Waals surface area contributed by atoms with Crippen molar-refractivity contribution < 1.29 is 13.9 Å². The lowest BCUT2D eigenvalue weighted by molar-refractivity contribution is -0.127. The average molecular weight is 442 g/mol. The summed E-state index contributed by atoms with van der Waals surface area (Å²) in [4.78, 5) is 23.4. The number of carbonyl (C=O) groups is 1. The quantitative estimate of drug-likeness (QED) is 0.396. The Hall–Kier alpha value is -4.00. The van der Waals surface area contributed by atoms with Crippen LogP contribution in [0.5, 0.6) is 5.75 Å². The number of ether oxygens (including phenoxy) is 1. The molecular weight excluding hydrogens is 419 g/mol. The second-order valence-corrected chi connectivity index (χ2v) is 7.99. The summed E-state index contributed by atoms with van der Waals surface area (Å²) in [6, 6.07) is 13.9. The molecular formula is C26H23FN4O2. The molecule has 7 heteroatoms. The van der Waals surface area contributed by atoms with Crippen molar-refractivity contribution in [2.24, 2.45) is 0 Å².